The van der Waals surface area contributed by atoms with E-state index in [0.29, 0.717) is 5.69 Å². The van der Waals surface area contributed by atoms with Crippen LogP contribution in [0, 0.1) is 32.1 Å². The van der Waals surface area contributed by atoms with Crippen molar-refractivity contribution in [3.8, 4) is 11.8 Å². The molecule has 5 nitrogen and oxygen atoms in total. The number of rotatable bonds is 4. The second-order valence-electron chi connectivity index (χ2n) is 7.54. The summed E-state index contributed by atoms with van der Waals surface area (Å²) in [7, 11) is 0. The number of aryl methyl sites for hydroxylation is 2. The summed E-state index contributed by atoms with van der Waals surface area (Å²) in [6.45, 7) is 5.95. The van der Waals surface area contributed by atoms with Crippen LogP contribution < -0.4 is 5.32 Å². The van der Waals surface area contributed by atoms with Crippen molar-refractivity contribution in [1.82, 2.24) is 9.55 Å². The summed E-state index contributed by atoms with van der Waals surface area (Å²) in [5.41, 5.74) is 6.52. The molecule has 1 amide bonds. The van der Waals surface area contributed by atoms with Gasteiger partial charge in [0.05, 0.1) is 5.52 Å². The fourth-order valence-electron chi connectivity index (χ4n) is 3.76. The Morgan fingerprint density at radius 1 is 1.06 bits per heavy atom. The van der Waals surface area contributed by atoms with Gasteiger partial charge in [-0.15, -0.1) is 0 Å². The number of carbonyl (C=O) groups excluding carboxylic acids is 1. The predicted molar refractivity (Wildman–Crippen MR) is 124 cm³/mol. The summed E-state index contributed by atoms with van der Waals surface area (Å²) in [4.78, 5) is 17.0. The Labute approximate surface area is 181 Å². The molecule has 0 saturated heterocycles. The molecule has 2 aromatic heterocycles. The normalized spacial score (nSPS) is 11.4. The van der Waals surface area contributed by atoms with Crippen LogP contribution in [0.5, 0.6) is 0 Å². The van der Waals surface area contributed by atoms with Crippen molar-refractivity contribution in [1.29, 1.82) is 5.26 Å². The predicted octanol–water partition coefficient (Wildman–Crippen LogP) is 5.50. The van der Waals surface area contributed by atoms with E-state index in [2.05, 4.69) is 20.9 Å². The van der Waals surface area contributed by atoms with E-state index in [1.807, 2.05) is 75.4 Å². The van der Waals surface area contributed by atoms with Gasteiger partial charge in [0.1, 0.15) is 11.6 Å². The van der Waals surface area contributed by atoms with Crippen LogP contribution in [0.4, 0.5) is 5.69 Å². The van der Waals surface area contributed by atoms with Crippen LogP contribution in [0.3, 0.4) is 0 Å². The van der Waals surface area contributed by atoms with Crippen LogP contribution in [-0.4, -0.2) is 15.5 Å². The molecule has 0 aliphatic heterocycles. The highest BCUT2D eigenvalue weighted by atomic mass is 16.1. The molecule has 0 radical (unpaired) electrons. The zero-order chi connectivity index (χ0) is 22.0. The largest absolute Gasteiger partial charge is 0.321 e. The molecule has 4 aromatic rings. The second-order valence-corrected chi connectivity index (χ2v) is 7.54. The lowest BCUT2D eigenvalue weighted by Gasteiger charge is -2.11. The highest BCUT2D eigenvalue weighted by molar-refractivity contribution is 6.09. The van der Waals surface area contributed by atoms with E-state index in [9.17, 15) is 10.1 Å². The number of pyridine rings is 1. The number of anilines is 1. The van der Waals surface area contributed by atoms with E-state index in [-0.39, 0.29) is 5.57 Å². The Hall–Kier alpha value is -4.17. The van der Waals surface area contributed by atoms with Crippen molar-refractivity contribution in [3.63, 3.8) is 0 Å². The van der Waals surface area contributed by atoms with Crippen molar-refractivity contribution in [2.45, 2.75) is 20.8 Å². The number of amides is 1. The molecule has 0 atom stereocenters. The number of aromatic nitrogens is 2. The van der Waals surface area contributed by atoms with Gasteiger partial charge in [0, 0.05) is 34.3 Å². The molecular formula is C26H22N4O. The standard InChI is InChI=1S/C26H22N4O/c1-17-6-4-8-23(12-17)29-26(31)22(16-27)14-21-13-18(2)30(19(21)3)24-9-10-25-20(15-24)7-5-11-28-25/h4-15H,1-3H3,(H,29,31)/b22-14-. The van der Waals surface area contributed by atoms with Crippen LogP contribution in [0.25, 0.3) is 22.7 Å². The average Bonchev–Trinajstić information content (AvgIpc) is 3.04. The van der Waals surface area contributed by atoms with Crippen LogP contribution >= 0.6 is 0 Å². The number of nitrogens with zero attached hydrogens (tertiary/aromatic N) is 3. The molecule has 2 heterocycles. The third-order valence-corrected chi connectivity index (χ3v) is 5.26. The first-order valence-corrected chi connectivity index (χ1v) is 10.00. The molecule has 2 aromatic carbocycles. The van der Waals surface area contributed by atoms with Gasteiger partial charge in [0.15, 0.2) is 0 Å². The van der Waals surface area contributed by atoms with E-state index in [0.717, 1.165) is 39.1 Å². The molecule has 0 unspecified atom stereocenters. The Balaban J connectivity index is 1.68. The fraction of sp³-hybridized carbons (Fsp3) is 0.115. The highest BCUT2D eigenvalue weighted by Crippen LogP contribution is 2.25. The Morgan fingerprint density at radius 3 is 2.68 bits per heavy atom. The lowest BCUT2D eigenvalue weighted by molar-refractivity contribution is -0.112. The Morgan fingerprint density at radius 2 is 1.90 bits per heavy atom. The number of nitriles is 1. The first-order valence-electron chi connectivity index (χ1n) is 10.00. The van der Waals surface area contributed by atoms with E-state index in [1.165, 1.54) is 0 Å². The molecule has 4 rings (SSSR count). The fourth-order valence-corrected chi connectivity index (χ4v) is 3.76. The van der Waals surface area contributed by atoms with E-state index < -0.39 is 5.91 Å². The minimum absolute atomic E-state index is 0.0597. The SMILES string of the molecule is Cc1cccc(NC(=O)/C(C#N)=C\c2cc(C)n(-c3ccc4ncccc4c3)c2C)c1. The first-order chi connectivity index (χ1) is 15.0. The molecule has 5 heteroatoms. The summed E-state index contributed by atoms with van der Waals surface area (Å²) in [6.07, 6.45) is 3.43. The maximum atomic E-state index is 12.7. The summed E-state index contributed by atoms with van der Waals surface area (Å²) in [5, 5.41) is 13.5. The van der Waals surface area contributed by atoms with Gasteiger partial charge in [-0.2, -0.15) is 5.26 Å². The number of carbonyl (C=O) groups is 1. The number of benzene rings is 2. The number of nitrogens with one attached hydrogen (secondary N) is 1. The van der Waals surface area contributed by atoms with Gasteiger partial charge in [-0.3, -0.25) is 9.78 Å². The quantitative estimate of drug-likeness (QED) is 0.359. The van der Waals surface area contributed by atoms with Crippen molar-refractivity contribution < 1.29 is 4.79 Å². The highest BCUT2D eigenvalue weighted by Gasteiger charge is 2.14. The Bertz CT molecular complexity index is 1370. The van der Waals surface area contributed by atoms with Crippen molar-refractivity contribution in [3.05, 3.63) is 94.9 Å². The first kappa shape index (κ1) is 20.1. The molecular weight excluding hydrogens is 384 g/mol. The van der Waals surface area contributed by atoms with Crippen LogP contribution in [0.2, 0.25) is 0 Å². The average molecular weight is 406 g/mol. The van der Waals surface area contributed by atoms with Crippen LogP contribution in [0.15, 0.2) is 72.4 Å². The summed E-state index contributed by atoms with van der Waals surface area (Å²) < 4.78 is 2.12. The maximum absolute atomic E-state index is 12.7. The van der Waals surface area contributed by atoms with Gasteiger partial charge in [-0.05, 0) is 80.4 Å². The summed E-state index contributed by atoms with van der Waals surface area (Å²) in [5.74, 6) is -0.422. The number of fused-ring (bicyclic) bond motifs is 1. The zero-order valence-electron chi connectivity index (χ0n) is 17.7. The van der Waals surface area contributed by atoms with E-state index in [4.69, 9.17) is 0 Å². The summed E-state index contributed by atoms with van der Waals surface area (Å²) >= 11 is 0. The number of hydrogen-bond acceptors (Lipinski definition) is 3. The third kappa shape index (κ3) is 4.10. The monoisotopic (exact) mass is 406 g/mol. The molecule has 1 N–H and O–H groups in total. The molecule has 31 heavy (non-hydrogen) atoms. The second kappa shape index (κ2) is 8.29. The molecule has 0 aliphatic carbocycles. The molecule has 0 fully saturated rings. The minimum atomic E-state index is -0.422. The molecule has 0 bridgehead atoms. The topological polar surface area (TPSA) is 70.7 Å². The van der Waals surface area contributed by atoms with E-state index in [1.54, 1.807) is 18.3 Å². The van der Waals surface area contributed by atoms with Gasteiger partial charge in [-0.1, -0.05) is 18.2 Å². The molecule has 152 valence electrons. The van der Waals surface area contributed by atoms with Gasteiger partial charge in [0.25, 0.3) is 5.91 Å². The lowest BCUT2D eigenvalue weighted by atomic mass is 10.1. The molecule has 0 saturated carbocycles. The van der Waals surface area contributed by atoms with E-state index >= 15 is 0 Å². The van der Waals surface area contributed by atoms with Gasteiger partial charge < -0.3 is 9.88 Å². The smallest absolute Gasteiger partial charge is 0.266 e. The van der Waals surface area contributed by atoms with Gasteiger partial charge in [-0.25, -0.2) is 0 Å². The van der Waals surface area contributed by atoms with Crippen LogP contribution in [0.1, 0.15) is 22.5 Å². The third-order valence-electron chi connectivity index (χ3n) is 5.26. The zero-order valence-corrected chi connectivity index (χ0v) is 17.7. The van der Waals surface area contributed by atoms with Crippen LogP contribution in [-0.2, 0) is 4.79 Å². The molecule has 0 aliphatic rings. The van der Waals surface area contributed by atoms with Crippen molar-refractivity contribution in [2.75, 3.05) is 5.32 Å². The minimum Gasteiger partial charge on any atom is -0.321 e. The summed E-state index contributed by atoms with van der Waals surface area (Å²) in [6, 6.07) is 21.6. The van der Waals surface area contributed by atoms with Crippen molar-refractivity contribution >= 4 is 28.6 Å². The van der Waals surface area contributed by atoms with Crippen molar-refractivity contribution in [2.24, 2.45) is 0 Å². The van der Waals surface area contributed by atoms with Gasteiger partial charge >= 0.3 is 0 Å². The maximum Gasteiger partial charge on any atom is 0.266 e. The Kier molecular flexibility index (Phi) is 5.38. The number of hydrogen-bond donors (Lipinski definition) is 1. The van der Waals surface area contributed by atoms with Gasteiger partial charge in [0.2, 0.25) is 0 Å². The lowest BCUT2D eigenvalue weighted by Crippen LogP contribution is -2.13. The molecule has 0 spiro atoms.